The Morgan fingerprint density at radius 1 is 1.25 bits per heavy atom. The SMILES string of the molecule is CCN(CC(=O)NCc1cccs1)C(=O)c1ccc2n[nH]nc2c1. The van der Waals surface area contributed by atoms with Crippen LogP contribution in [0, 0.1) is 0 Å². The Morgan fingerprint density at radius 3 is 2.83 bits per heavy atom. The fraction of sp³-hybridized carbons (Fsp3) is 0.250. The van der Waals surface area contributed by atoms with Crippen LogP contribution in [0.25, 0.3) is 11.0 Å². The van der Waals surface area contributed by atoms with E-state index in [9.17, 15) is 9.59 Å². The average molecular weight is 343 g/mol. The standard InChI is InChI=1S/C16H17N5O2S/c1-2-21(10-15(22)17-9-12-4-3-7-24-12)16(23)11-5-6-13-14(8-11)19-20-18-13/h3-8H,2,9-10H2,1H3,(H,17,22)(H,18,19,20). The van der Waals surface area contributed by atoms with Gasteiger partial charge in [-0.15, -0.1) is 11.3 Å². The molecule has 124 valence electrons. The van der Waals surface area contributed by atoms with Crippen LogP contribution >= 0.6 is 11.3 Å². The smallest absolute Gasteiger partial charge is 0.254 e. The molecule has 2 aromatic heterocycles. The molecule has 0 atom stereocenters. The maximum atomic E-state index is 12.6. The Balaban J connectivity index is 1.63. The van der Waals surface area contributed by atoms with Crippen LogP contribution in [0.4, 0.5) is 0 Å². The van der Waals surface area contributed by atoms with E-state index >= 15 is 0 Å². The lowest BCUT2D eigenvalue weighted by atomic mass is 10.1. The van der Waals surface area contributed by atoms with Crippen molar-refractivity contribution < 1.29 is 9.59 Å². The minimum absolute atomic E-state index is 0.0254. The highest BCUT2D eigenvalue weighted by atomic mass is 32.1. The van der Waals surface area contributed by atoms with Crippen molar-refractivity contribution in [2.24, 2.45) is 0 Å². The van der Waals surface area contributed by atoms with Gasteiger partial charge in [0, 0.05) is 17.0 Å². The molecule has 3 rings (SSSR count). The first-order valence-corrected chi connectivity index (χ1v) is 8.44. The maximum absolute atomic E-state index is 12.6. The van der Waals surface area contributed by atoms with Crippen molar-refractivity contribution in [1.29, 1.82) is 0 Å². The van der Waals surface area contributed by atoms with Crippen molar-refractivity contribution in [1.82, 2.24) is 25.6 Å². The summed E-state index contributed by atoms with van der Waals surface area (Å²) in [4.78, 5) is 27.3. The van der Waals surface area contributed by atoms with E-state index in [1.807, 2.05) is 24.4 Å². The van der Waals surface area contributed by atoms with E-state index < -0.39 is 0 Å². The molecule has 0 saturated carbocycles. The summed E-state index contributed by atoms with van der Waals surface area (Å²) in [6.07, 6.45) is 0. The predicted molar refractivity (Wildman–Crippen MR) is 91.6 cm³/mol. The summed E-state index contributed by atoms with van der Waals surface area (Å²) >= 11 is 1.58. The van der Waals surface area contributed by atoms with E-state index in [-0.39, 0.29) is 18.4 Å². The van der Waals surface area contributed by atoms with E-state index in [1.165, 1.54) is 4.90 Å². The van der Waals surface area contributed by atoms with Crippen LogP contribution in [0.3, 0.4) is 0 Å². The van der Waals surface area contributed by atoms with Crippen molar-refractivity contribution in [3.63, 3.8) is 0 Å². The Morgan fingerprint density at radius 2 is 2.08 bits per heavy atom. The number of thiophene rings is 1. The summed E-state index contributed by atoms with van der Waals surface area (Å²) in [5.41, 5.74) is 1.81. The van der Waals surface area contributed by atoms with E-state index in [0.29, 0.717) is 29.7 Å². The molecule has 0 aliphatic rings. The number of H-pyrrole nitrogens is 1. The second-order valence-corrected chi connectivity index (χ2v) is 6.23. The minimum atomic E-state index is -0.200. The van der Waals surface area contributed by atoms with Gasteiger partial charge in [0.2, 0.25) is 5.91 Å². The molecule has 7 nitrogen and oxygen atoms in total. The molecule has 2 amide bonds. The quantitative estimate of drug-likeness (QED) is 0.714. The molecule has 0 bridgehead atoms. The largest absolute Gasteiger partial charge is 0.350 e. The van der Waals surface area contributed by atoms with Crippen molar-refractivity contribution >= 4 is 34.2 Å². The number of amides is 2. The van der Waals surface area contributed by atoms with Crippen molar-refractivity contribution in [3.05, 3.63) is 46.2 Å². The van der Waals surface area contributed by atoms with Gasteiger partial charge in [0.1, 0.15) is 11.0 Å². The number of likely N-dealkylation sites (N-methyl/N-ethyl adjacent to an activating group) is 1. The first kappa shape index (κ1) is 16.1. The molecule has 0 spiro atoms. The maximum Gasteiger partial charge on any atom is 0.254 e. The van der Waals surface area contributed by atoms with Gasteiger partial charge in [0.25, 0.3) is 5.91 Å². The first-order chi connectivity index (χ1) is 11.7. The molecule has 2 N–H and O–H groups in total. The van der Waals surface area contributed by atoms with Gasteiger partial charge in [-0.2, -0.15) is 15.4 Å². The number of nitrogens with one attached hydrogen (secondary N) is 2. The number of hydrogen-bond acceptors (Lipinski definition) is 5. The van der Waals surface area contributed by atoms with Gasteiger partial charge in [-0.1, -0.05) is 6.07 Å². The van der Waals surface area contributed by atoms with Gasteiger partial charge < -0.3 is 10.2 Å². The van der Waals surface area contributed by atoms with E-state index in [4.69, 9.17) is 0 Å². The van der Waals surface area contributed by atoms with Crippen molar-refractivity contribution in [2.75, 3.05) is 13.1 Å². The van der Waals surface area contributed by atoms with Gasteiger partial charge in [0.15, 0.2) is 0 Å². The Kier molecular flexibility index (Phi) is 4.85. The number of aromatic amines is 1. The van der Waals surface area contributed by atoms with Gasteiger partial charge >= 0.3 is 0 Å². The zero-order chi connectivity index (χ0) is 16.9. The lowest BCUT2D eigenvalue weighted by Gasteiger charge is -2.20. The molecule has 0 aliphatic heterocycles. The van der Waals surface area contributed by atoms with Crippen LogP contribution < -0.4 is 5.32 Å². The molecule has 0 aliphatic carbocycles. The molecular weight excluding hydrogens is 326 g/mol. The van der Waals surface area contributed by atoms with E-state index in [1.54, 1.807) is 29.5 Å². The summed E-state index contributed by atoms with van der Waals surface area (Å²) in [5, 5.41) is 15.3. The number of carbonyl (C=O) groups excluding carboxylic acids is 2. The molecule has 3 aromatic rings. The fourth-order valence-corrected chi connectivity index (χ4v) is 2.96. The van der Waals surface area contributed by atoms with Gasteiger partial charge in [-0.25, -0.2) is 0 Å². The molecule has 0 fully saturated rings. The normalized spacial score (nSPS) is 10.7. The highest BCUT2D eigenvalue weighted by Gasteiger charge is 2.18. The minimum Gasteiger partial charge on any atom is -0.350 e. The molecule has 0 saturated heterocycles. The summed E-state index contributed by atoms with van der Waals surface area (Å²) < 4.78 is 0. The lowest BCUT2D eigenvalue weighted by Crippen LogP contribution is -2.40. The topological polar surface area (TPSA) is 91.0 Å². The molecular formula is C16H17N5O2S. The Hall–Kier alpha value is -2.74. The molecule has 8 heteroatoms. The monoisotopic (exact) mass is 343 g/mol. The molecule has 1 aromatic carbocycles. The Labute approximate surface area is 142 Å². The molecule has 24 heavy (non-hydrogen) atoms. The number of nitrogens with zero attached hydrogens (tertiary/aromatic N) is 3. The molecule has 2 heterocycles. The zero-order valence-corrected chi connectivity index (χ0v) is 14.0. The third kappa shape index (κ3) is 3.60. The number of hydrogen-bond donors (Lipinski definition) is 2. The number of aromatic nitrogens is 3. The van der Waals surface area contributed by atoms with Crippen molar-refractivity contribution in [3.8, 4) is 0 Å². The van der Waals surface area contributed by atoms with Crippen LogP contribution in [0.5, 0.6) is 0 Å². The third-order valence-corrected chi connectivity index (χ3v) is 4.48. The number of rotatable bonds is 6. The predicted octanol–water partition coefficient (Wildman–Crippen LogP) is 1.80. The second kappa shape index (κ2) is 7.22. The number of carbonyl (C=O) groups is 2. The molecule has 0 unspecified atom stereocenters. The zero-order valence-electron chi connectivity index (χ0n) is 13.2. The summed E-state index contributed by atoms with van der Waals surface area (Å²) in [5.74, 6) is -0.380. The highest BCUT2D eigenvalue weighted by molar-refractivity contribution is 7.09. The summed E-state index contributed by atoms with van der Waals surface area (Å²) in [6.45, 7) is 2.80. The van der Waals surface area contributed by atoms with E-state index in [2.05, 4.69) is 20.7 Å². The first-order valence-electron chi connectivity index (χ1n) is 7.56. The fourth-order valence-electron chi connectivity index (χ4n) is 2.31. The highest BCUT2D eigenvalue weighted by Crippen LogP contribution is 2.13. The number of benzene rings is 1. The van der Waals surface area contributed by atoms with Crippen LogP contribution in [0.1, 0.15) is 22.2 Å². The van der Waals surface area contributed by atoms with Crippen LogP contribution in [-0.2, 0) is 11.3 Å². The molecule has 0 radical (unpaired) electrons. The number of fused-ring (bicyclic) bond motifs is 1. The van der Waals surface area contributed by atoms with Crippen LogP contribution in [-0.4, -0.2) is 45.2 Å². The van der Waals surface area contributed by atoms with Crippen LogP contribution in [0.15, 0.2) is 35.7 Å². The van der Waals surface area contributed by atoms with Crippen molar-refractivity contribution in [2.45, 2.75) is 13.5 Å². The average Bonchev–Trinajstić information content (AvgIpc) is 3.27. The summed E-state index contributed by atoms with van der Waals surface area (Å²) in [7, 11) is 0. The van der Waals surface area contributed by atoms with E-state index in [0.717, 1.165) is 4.88 Å². The Bertz CT molecular complexity index is 843. The second-order valence-electron chi connectivity index (χ2n) is 5.20. The third-order valence-electron chi connectivity index (χ3n) is 3.61. The van der Waals surface area contributed by atoms with Gasteiger partial charge in [-0.3, -0.25) is 9.59 Å². The van der Waals surface area contributed by atoms with Crippen LogP contribution in [0.2, 0.25) is 0 Å². The summed E-state index contributed by atoms with van der Waals surface area (Å²) in [6, 6.07) is 9.00. The lowest BCUT2D eigenvalue weighted by molar-refractivity contribution is -0.121. The van der Waals surface area contributed by atoms with Gasteiger partial charge in [-0.05, 0) is 36.6 Å². The van der Waals surface area contributed by atoms with Gasteiger partial charge in [0.05, 0.1) is 13.1 Å².